The Kier molecular flexibility index (Phi) is 14.2. The minimum Gasteiger partial charge on any atom is -0.358 e. The zero-order valence-electron chi connectivity index (χ0n) is 8.70. The third-order valence-corrected chi connectivity index (χ3v) is 1.02. The first kappa shape index (κ1) is 14.0. The van der Waals surface area contributed by atoms with Gasteiger partial charge in [-0.3, -0.25) is 5.43 Å². The van der Waals surface area contributed by atoms with Crippen LogP contribution in [0.15, 0.2) is 42.9 Å². The molecule has 1 N–H and O–H groups in total. The third kappa shape index (κ3) is 18.0. The topological polar surface area (TPSA) is 27.6 Å². The summed E-state index contributed by atoms with van der Waals surface area (Å²) in [5, 5.41) is 3.70. The van der Waals surface area contributed by atoms with E-state index in [0.717, 1.165) is 0 Å². The molecular weight excluding hydrogens is 162 g/mol. The van der Waals surface area contributed by atoms with Gasteiger partial charge in [0.2, 0.25) is 0 Å². The quantitative estimate of drug-likeness (QED) is 0.532. The van der Waals surface area contributed by atoms with Gasteiger partial charge in [0.25, 0.3) is 0 Å². The fraction of sp³-hybridized carbons (Fsp3) is 0.300. The molecule has 0 aliphatic heterocycles. The summed E-state index contributed by atoms with van der Waals surface area (Å²) >= 11 is 0. The first-order valence-electron chi connectivity index (χ1n) is 4.04. The predicted octanol–water partition coefficient (Wildman–Crippen LogP) is 2.32. The molecule has 0 unspecified atom stereocenters. The minimum atomic E-state index is 1.69. The molecule has 0 rings (SSSR count). The lowest BCUT2D eigenvalue weighted by Gasteiger charge is -2.00. The Morgan fingerprint density at radius 3 is 2.00 bits per heavy atom. The Labute approximate surface area is 81.1 Å². The van der Waals surface area contributed by atoms with E-state index in [2.05, 4.69) is 23.7 Å². The average Bonchev–Trinajstić information content (AvgIpc) is 2.18. The maximum Gasteiger partial charge on any atom is 0.0215 e. The Morgan fingerprint density at radius 2 is 1.77 bits per heavy atom. The Morgan fingerprint density at radius 1 is 1.23 bits per heavy atom. The Balaban J connectivity index is 0. The van der Waals surface area contributed by atoms with Crippen LogP contribution in [0, 0.1) is 0 Å². The summed E-state index contributed by atoms with van der Waals surface area (Å²) in [6.45, 7) is 10.8. The highest BCUT2D eigenvalue weighted by atomic mass is 15.3. The van der Waals surface area contributed by atoms with Crippen molar-refractivity contribution < 1.29 is 0 Å². The summed E-state index contributed by atoms with van der Waals surface area (Å²) in [5.74, 6) is 0. The number of nitrogens with zero attached hydrogens (tertiary/aromatic N) is 2. The van der Waals surface area contributed by atoms with Crippen LogP contribution in [0.4, 0.5) is 0 Å². The fourth-order valence-electron chi connectivity index (χ4n) is 0.267. The van der Waals surface area contributed by atoms with E-state index in [1.165, 1.54) is 0 Å². The number of hydrogen-bond donors (Lipinski definition) is 1. The van der Waals surface area contributed by atoms with Gasteiger partial charge in [0.15, 0.2) is 0 Å². The van der Waals surface area contributed by atoms with Crippen molar-refractivity contribution in [3.8, 4) is 0 Å². The van der Waals surface area contributed by atoms with Crippen LogP contribution in [0.2, 0.25) is 0 Å². The van der Waals surface area contributed by atoms with E-state index >= 15 is 0 Å². The molecule has 0 aliphatic rings. The third-order valence-electron chi connectivity index (χ3n) is 1.02. The summed E-state index contributed by atoms with van der Waals surface area (Å²) in [6, 6.07) is 0. The van der Waals surface area contributed by atoms with Crippen LogP contribution in [0.3, 0.4) is 0 Å². The molecule has 13 heavy (non-hydrogen) atoms. The van der Waals surface area contributed by atoms with Crippen molar-refractivity contribution in [2.24, 2.45) is 5.10 Å². The van der Waals surface area contributed by atoms with Crippen LogP contribution in [0.25, 0.3) is 0 Å². The van der Waals surface area contributed by atoms with Crippen molar-refractivity contribution in [1.82, 2.24) is 10.3 Å². The molecule has 3 heteroatoms. The Bertz CT molecular complexity index is 153. The van der Waals surface area contributed by atoms with Gasteiger partial charge in [-0.25, -0.2) is 0 Å². The first-order valence-corrected chi connectivity index (χ1v) is 4.04. The summed E-state index contributed by atoms with van der Waals surface area (Å²) in [6.07, 6.45) is 8.72. The van der Waals surface area contributed by atoms with E-state index in [-0.39, 0.29) is 0 Å². The highest BCUT2D eigenvalue weighted by Crippen LogP contribution is 1.75. The monoisotopic (exact) mass is 181 g/mol. The van der Waals surface area contributed by atoms with Gasteiger partial charge in [-0.15, -0.1) is 0 Å². The van der Waals surface area contributed by atoms with Gasteiger partial charge in [0.05, 0.1) is 0 Å². The molecular formula is C10H19N3. The summed E-state index contributed by atoms with van der Waals surface area (Å²) in [5.41, 5.74) is 2.67. The van der Waals surface area contributed by atoms with Crippen molar-refractivity contribution in [1.29, 1.82) is 0 Å². The summed E-state index contributed by atoms with van der Waals surface area (Å²) in [7, 11) is 1.88. The standard InChI is InChI=1S/C5H10N2.C5H9N/c1-3-5-7-6-4-2;1-4-6(3)5-2/h3-5,7H,1-2H3;4-5H,1-2H2,3H3/b5-3-,6-4+;. The lowest BCUT2D eigenvalue weighted by Crippen LogP contribution is -1.96. The molecule has 0 heterocycles. The molecule has 0 spiro atoms. The van der Waals surface area contributed by atoms with Gasteiger partial charge in [0.1, 0.15) is 0 Å². The highest BCUT2D eigenvalue weighted by Gasteiger charge is 1.68. The van der Waals surface area contributed by atoms with Crippen molar-refractivity contribution in [3.05, 3.63) is 37.8 Å². The second-order valence-electron chi connectivity index (χ2n) is 2.05. The molecule has 0 aliphatic carbocycles. The van der Waals surface area contributed by atoms with Gasteiger partial charge in [-0.1, -0.05) is 19.2 Å². The molecule has 0 bridgehead atoms. The van der Waals surface area contributed by atoms with Crippen molar-refractivity contribution in [2.75, 3.05) is 7.05 Å². The van der Waals surface area contributed by atoms with Gasteiger partial charge in [-0.2, -0.15) is 5.10 Å². The predicted molar refractivity (Wildman–Crippen MR) is 60.3 cm³/mol. The van der Waals surface area contributed by atoms with Crippen molar-refractivity contribution in [2.45, 2.75) is 13.8 Å². The molecule has 0 aromatic heterocycles. The molecule has 0 aromatic carbocycles. The molecule has 0 radical (unpaired) electrons. The highest BCUT2D eigenvalue weighted by molar-refractivity contribution is 5.52. The molecule has 0 fully saturated rings. The van der Waals surface area contributed by atoms with E-state index in [4.69, 9.17) is 0 Å². The average molecular weight is 181 g/mol. The lowest BCUT2D eigenvalue weighted by molar-refractivity contribution is 0.631. The second kappa shape index (κ2) is 13.1. The van der Waals surface area contributed by atoms with Crippen LogP contribution < -0.4 is 5.43 Å². The first-order chi connectivity index (χ1) is 6.22. The van der Waals surface area contributed by atoms with Crippen LogP contribution in [0.5, 0.6) is 0 Å². The van der Waals surface area contributed by atoms with Crippen molar-refractivity contribution in [3.63, 3.8) is 0 Å². The largest absolute Gasteiger partial charge is 0.358 e. The van der Waals surface area contributed by atoms with E-state index in [1.54, 1.807) is 29.7 Å². The van der Waals surface area contributed by atoms with Gasteiger partial charge in [0, 0.05) is 19.5 Å². The smallest absolute Gasteiger partial charge is 0.0215 e. The number of hydrazone groups is 1. The number of rotatable bonds is 4. The zero-order valence-corrected chi connectivity index (χ0v) is 8.70. The second-order valence-corrected chi connectivity index (χ2v) is 2.05. The molecule has 74 valence electrons. The molecule has 0 aromatic rings. The van der Waals surface area contributed by atoms with Gasteiger partial charge < -0.3 is 4.90 Å². The van der Waals surface area contributed by atoms with E-state index in [1.807, 2.05) is 27.0 Å². The maximum absolute atomic E-state index is 3.70. The maximum atomic E-state index is 3.70. The van der Waals surface area contributed by atoms with Crippen molar-refractivity contribution >= 4 is 6.21 Å². The van der Waals surface area contributed by atoms with Crippen LogP contribution in [-0.2, 0) is 0 Å². The van der Waals surface area contributed by atoms with Crippen LogP contribution in [0.1, 0.15) is 13.8 Å². The molecule has 3 nitrogen and oxygen atoms in total. The van der Waals surface area contributed by atoms with Crippen LogP contribution >= 0.6 is 0 Å². The van der Waals surface area contributed by atoms with Gasteiger partial charge >= 0.3 is 0 Å². The summed E-state index contributed by atoms with van der Waals surface area (Å²) < 4.78 is 0. The lowest BCUT2D eigenvalue weighted by atomic mass is 10.7. The Hall–Kier alpha value is -1.51. The molecule has 0 atom stereocenters. The van der Waals surface area contributed by atoms with E-state index < -0.39 is 0 Å². The zero-order chi connectivity index (χ0) is 10.5. The van der Waals surface area contributed by atoms with E-state index in [0.29, 0.717) is 0 Å². The number of hydrogen-bond acceptors (Lipinski definition) is 3. The van der Waals surface area contributed by atoms with Gasteiger partial charge in [-0.05, 0) is 26.2 Å². The summed E-state index contributed by atoms with van der Waals surface area (Å²) in [4.78, 5) is 1.78. The van der Waals surface area contributed by atoms with E-state index in [9.17, 15) is 0 Å². The minimum absolute atomic E-state index is 1.69. The normalized spacial score (nSPS) is 9.15. The van der Waals surface area contributed by atoms with Crippen LogP contribution in [-0.4, -0.2) is 18.2 Å². The SMILES string of the molecule is C/C=C\N/N=C/C.C=CN(C)C=C. The number of nitrogens with one attached hydrogen (secondary N) is 1. The molecule has 0 saturated carbocycles. The molecule has 0 amide bonds. The molecule has 0 saturated heterocycles. The number of allylic oxidation sites excluding steroid dienone is 1. The fourth-order valence-corrected chi connectivity index (χ4v) is 0.267.